The molecule has 0 unspecified atom stereocenters. The number of benzene rings is 1. The zero-order valence-electron chi connectivity index (χ0n) is 16.1. The summed E-state index contributed by atoms with van der Waals surface area (Å²) in [6.07, 6.45) is 1.89. The van der Waals surface area contributed by atoms with E-state index in [0.717, 1.165) is 29.7 Å². The van der Waals surface area contributed by atoms with Gasteiger partial charge < -0.3 is 15.4 Å². The van der Waals surface area contributed by atoms with Gasteiger partial charge in [0.05, 0.1) is 19.7 Å². The van der Waals surface area contributed by atoms with E-state index < -0.39 is 11.9 Å². The van der Waals surface area contributed by atoms with Crippen molar-refractivity contribution < 1.29 is 19.1 Å². The summed E-state index contributed by atoms with van der Waals surface area (Å²) in [6, 6.07) is 5.38. The number of carbonyl (C=O) groups is 3. The second-order valence-corrected chi connectivity index (χ2v) is 6.80. The van der Waals surface area contributed by atoms with Crippen LogP contribution < -0.4 is 16.0 Å². The summed E-state index contributed by atoms with van der Waals surface area (Å²) in [5.41, 5.74) is 2.84. The number of nitrogens with zero attached hydrogens (tertiary/aromatic N) is 1. The van der Waals surface area contributed by atoms with Crippen molar-refractivity contribution in [3.8, 4) is 0 Å². The van der Waals surface area contributed by atoms with Crippen LogP contribution in [0.2, 0.25) is 0 Å². The van der Waals surface area contributed by atoms with Crippen LogP contribution in [-0.2, 0) is 14.3 Å². The number of amides is 4. The second kappa shape index (κ2) is 10.0. The van der Waals surface area contributed by atoms with Crippen molar-refractivity contribution in [2.45, 2.75) is 32.7 Å². The molecule has 0 saturated heterocycles. The molecule has 3 N–H and O–H groups in total. The minimum Gasteiger partial charge on any atom is -0.383 e. The van der Waals surface area contributed by atoms with Crippen LogP contribution >= 0.6 is 0 Å². The minimum atomic E-state index is -0.492. The number of carbonyl (C=O) groups excluding carboxylic acids is 3. The highest BCUT2D eigenvalue weighted by molar-refractivity contribution is 5.96. The van der Waals surface area contributed by atoms with E-state index in [2.05, 4.69) is 16.0 Å². The number of urea groups is 1. The molecule has 2 rings (SSSR count). The van der Waals surface area contributed by atoms with Crippen LogP contribution in [0.4, 0.5) is 10.5 Å². The van der Waals surface area contributed by atoms with Crippen molar-refractivity contribution in [1.29, 1.82) is 0 Å². The fourth-order valence-corrected chi connectivity index (χ4v) is 2.53. The lowest BCUT2D eigenvalue weighted by molar-refractivity contribution is -0.122. The summed E-state index contributed by atoms with van der Waals surface area (Å²) in [5, 5.41) is 7.86. The van der Waals surface area contributed by atoms with Gasteiger partial charge in [0.15, 0.2) is 0 Å². The predicted octanol–water partition coefficient (Wildman–Crippen LogP) is 1.18. The average Bonchev–Trinajstić information content (AvgIpc) is 3.40. The van der Waals surface area contributed by atoms with Gasteiger partial charge in [0, 0.05) is 25.4 Å². The summed E-state index contributed by atoms with van der Waals surface area (Å²) in [4.78, 5) is 37.8. The third-order valence-electron chi connectivity index (χ3n) is 4.39. The van der Waals surface area contributed by atoms with Gasteiger partial charge in [-0.3, -0.25) is 19.8 Å². The number of hydrogen-bond donors (Lipinski definition) is 3. The summed E-state index contributed by atoms with van der Waals surface area (Å²) >= 11 is 0. The smallest absolute Gasteiger partial charge is 0.321 e. The van der Waals surface area contributed by atoms with Crippen molar-refractivity contribution in [3.63, 3.8) is 0 Å². The lowest BCUT2D eigenvalue weighted by Crippen LogP contribution is -2.47. The first-order chi connectivity index (χ1) is 12.9. The Labute approximate surface area is 159 Å². The third kappa shape index (κ3) is 7.36. The molecule has 0 bridgehead atoms. The third-order valence-corrected chi connectivity index (χ3v) is 4.39. The molecule has 1 fully saturated rings. The molecule has 8 heteroatoms. The Kier molecular flexibility index (Phi) is 7.75. The average molecular weight is 376 g/mol. The van der Waals surface area contributed by atoms with Crippen molar-refractivity contribution in [3.05, 3.63) is 29.3 Å². The van der Waals surface area contributed by atoms with E-state index >= 15 is 0 Å². The summed E-state index contributed by atoms with van der Waals surface area (Å²) in [5.74, 6) is -0.682. The number of ether oxygens (including phenoxy) is 1. The highest BCUT2D eigenvalue weighted by atomic mass is 16.5. The Morgan fingerprint density at radius 2 is 1.85 bits per heavy atom. The first-order valence-electron chi connectivity index (χ1n) is 9.06. The van der Waals surface area contributed by atoms with Gasteiger partial charge >= 0.3 is 6.03 Å². The van der Waals surface area contributed by atoms with E-state index in [0.29, 0.717) is 13.2 Å². The van der Waals surface area contributed by atoms with E-state index in [1.807, 2.05) is 32.0 Å². The largest absolute Gasteiger partial charge is 0.383 e. The van der Waals surface area contributed by atoms with Gasteiger partial charge in [-0.2, -0.15) is 0 Å². The normalized spacial score (nSPS) is 13.3. The maximum Gasteiger partial charge on any atom is 0.321 e. The molecule has 0 heterocycles. The van der Waals surface area contributed by atoms with Crippen LogP contribution in [0.5, 0.6) is 0 Å². The Bertz CT molecular complexity index is 688. The first-order valence-corrected chi connectivity index (χ1v) is 9.06. The van der Waals surface area contributed by atoms with Crippen LogP contribution in [0.3, 0.4) is 0 Å². The molecular weight excluding hydrogens is 348 g/mol. The van der Waals surface area contributed by atoms with E-state index in [1.165, 1.54) is 0 Å². The quantitative estimate of drug-likeness (QED) is 0.601. The molecule has 0 aliphatic heterocycles. The fourth-order valence-electron chi connectivity index (χ4n) is 2.53. The maximum atomic E-state index is 12.4. The molecule has 1 aliphatic rings. The lowest BCUT2D eigenvalue weighted by Gasteiger charge is -2.21. The standard InChI is InChI=1S/C19H28N4O4/c1-13-5-4-6-16(14(13)2)21-17(24)11-23(9-10-27-3)12-18(25)22-19(26)20-15-7-8-15/h4-6,15H,7-12H2,1-3H3,(H,21,24)(H2,20,22,25,26). The molecule has 1 aromatic carbocycles. The molecule has 0 radical (unpaired) electrons. The van der Waals surface area contributed by atoms with Crippen LogP contribution in [0, 0.1) is 13.8 Å². The first kappa shape index (κ1) is 20.9. The van der Waals surface area contributed by atoms with Crippen LogP contribution in [-0.4, -0.2) is 62.1 Å². The molecular formula is C19H28N4O4. The number of methoxy groups -OCH3 is 1. The maximum absolute atomic E-state index is 12.4. The lowest BCUT2D eigenvalue weighted by atomic mass is 10.1. The van der Waals surface area contributed by atoms with Crippen LogP contribution in [0.25, 0.3) is 0 Å². The molecule has 27 heavy (non-hydrogen) atoms. The van der Waals surface area contributed by atoms with Crippen molar-refractivity contribution >= 4 is 23.5 Å². The molecule has 0 aromatic heterocycles. The SMILES string of the molecule is COCCN(CC(=O)NC(=O)NC1CC1)CC(=O)Nc1cccc(C)c1C. The van der Waals surface area contributed by atoms with Gasteiger partial charge in [0.1, 0.15) is 0 Å². The zero-order valence-corrected chi connectivity index (χ0v) is 16.1. The number of aryl methyl sites for hydroxylation is 1. The molecule has 0 spiro atoms. The van der Waals surface area contributed by atoms with E-state index in [1.54, 1.807) is 12.0 Å². The van der Waals surface area contributed by atoms with E-state index in [4.69, 9.17) is 4.74 Å². The number of imide groups is 1. The summed E-state index contributed by atoms with van der Waals surface area (Å²) in [7, 11) is 1.55. The van der Waals surface area contributed by atoms with Gasteiger partial charge in [-0.25, -0.2) is 4.79 Å². The van der Waals surface area contributed by atoms with Crippen LogP contribution in [0.1, 0.15) is 24.0 Å². The van der Waals surface area contributed by atoms with Gasteiger partial charge in [0.25, 0.3) is 0 Å². The molecule has 1 aromatic rings. The highest BCUT2D eigenvalue weighted by Gasteiger charge is 2.24. The summed E-state index contributed by atoms with van der Waals surface area (Å²) in [6.45, 7) is 4.65. The monoisotopic (exact) mass is 376 g/mol. The van der Waals surface area contributed by atoms with Gasteiger partial charge in [-0.05, 0) is 43.9 Å². The Hall–Kier alpha value is -2.45. The number of anilines is 1. The van der Waals surface area contributed by atoms with Crippen molar-refractivity contribution in [2.75, 3.05) is 38.7 Å². The molecule has 148 valence electrons. The number of nitrogens with one attached hydrogen (secondary N) is 3. The van der Waals surface area contributed by atoms with Crippen molar-refractivity contribution in [2.24, 2.45) is 0 Å². The Morgan fingerprint density at radius 3 is 2.52 bits per heavy atom. The fraction of sp³-hybridized carbons (Fsp3) is 0.526. The minimum absolute atomic E-state index is 0.0222. The molecule has 8 nitrogen and oxygen atoms in total. The predicted molar refractivity (Wildman–Crippen MR) is 103 cm³/mol. The molecule has 4 amide bonds. The highest BCUT2D eigenvalue weighted by Crippen LogP contribution is 2.18. The number of hydrogen-bond acceptors (Lipinski definition) is 5. The van der Waals surface area contributed by atoms with E-state index in [-0.39, 0.29) is 25.0 Å². The molecule has 0 atom stereocenters. The second-order valence-electron chi connectivity index (χ2n) is 6.80. The van der Waals surface area contributed by atoms with Crippen molar-refractivity contribution in [1.82, 2.24) is 15.5 Å². The molecule has 1 saturated carbocycles. The van der Waals surface area contributed by atoms with Gasteiger partial charge in [0.2, 0.25) is 11.8 Å². The van der Waals surface area contributed by atoms with Gasteiger partial charge in [-0.15, -0.1) is 0 Å². The summed E-state index contributed by atoms with van der Waals surface area (Å²) < 4.78 is 5.05. The Balaban J connectivity index is 1.87. The van der Waals surface area contributed by atoms with E-state index in [9.17, 15) is 14.4 Å². The zero-order chi connectivity index (χ0) is 19.8. The topological polar surface area (TPSA) is 99.8 Å². The Morgan fingerprint density at radius 1 is 1.15 bits per heavy atom. The number of rotatable bonds is 9. The van der Waals surface area contributed by atoms with Gasteiger partial charge in [-0.1, -0.05) is 12.1 Å². The van der Waals surface area contributed by atoms with Crippen LogP contribution in [0.15, 0.2) is 18.2 Å². The molecule has 1 aliphatic carbocycles.